The Morgan fingerprint density at radius 3 is 2.65 bits per heavy atom. The quantitative estimate of drug-likeness (QED) is 0.859. The van der Waals surface area contributed by atoms with Crippen LogP contribution in [0.4, 0.5) is 0 Å². The summed E-state index contributed by atoms with van der Waals surface area (Å²) in [6, 6.07) is 17.3. The molecule has 3 rings (SSSR count). The number of fused-ring (bicyclic) bond motifs is 1. The second-order valence-electron chi connectivity index (χ2n) is 4.46. The molecule has 2 aromatic rings. The van der Waals surface area contributed by atoms with Crippen LogP contribution in [-0.4, -0.2) is 17.4 Å². The summed E-state index contributed by atoms with van der Waals surface area (Å²) in [5, 5.41) is 4.30. The van der Waals surface area contributed by atoms with Crippen LogP contribution in [0.25, 0.3) is 0 Å². The van der Waals surface area contributed by atoms with Gasteiger partial charge in [-0.2, -0.15) is 5.10 Å². The SMILES string of the molecule is O=C(N/N=C1\CCSc2ccccc21)c1ccccc1. The number of benzene rings is 2. The summed E-state index contributed by atoms with van der Waals surface area (Å²) < 4.78 is 0. The van der Waals surface area contributed by atoms with Gasteiger partial charge in [0.05, 0.1) is 5.71 Å². The molecule has 0 aromatic heterocycles. The molecule has 0 spiro atoms. The molecule has 0 saturated heterocycles. The number of hydrazone groups is 1. The number of nitrogens with one attached hydrogen (secondary N) is 1. The van der Waals surface area contributed by atoms with Crippen molar-refractivity contribution in [3.05, 3.63) is 65.7 Å². The Hall–Kier alpha value is -2.07. The smallest absolute Gasteiger partial charge is 0.267 e. The average molecular weight is 282 g/mol. The summed E-state index contributed by atoms with van der Waals surface area (Å²) in [6.07, 6.45) is 0.872. The third kappa shape index (κ3) is 2.75. The van der Waals surface area contributed by atoms with Crippen molar-refractivity contribution in [2.75, 3.05) is 5.75 Å². The molecule has 0 fully saturated rings. The first-order chi connectivity index (χ1) is 9.84. The van der Waals surface area contributed by atoms with Crippen LogP contribution in [0, 0.1) is 0 Å². The lowest BCUT2D eigenvalue weighted by Crippen LogP contribution is -2.21. The largest absolute Gasteiger partial charge is 0.271 e. The zero-order chi connectivity index (χ0) is 13.8. The summed E-state index contributed by atoms with van der Waals surface area (Å²) in [7, 11) is 0. The van der Waals surface area contributed by atoms with Crippen LogP contribution in [0.2, 0.25) is 0 Å². The van der Waals surface area contributed by atoms with Crippen molar-refractivity contribution in [3.8, 4) is 0 Å². The molecule has 0 bridgehead atoms. The van der Waals surface area contributed by atoms with Crippen LogP contribution in [0.15, 0.2) is 64.6 Å². The zero-order valence-corrected chi connectivity index (χ0v) is 11.7. The number of nitrogens with zero attached hydrogens (tertiary/aromatic N) is 1. The Bertz CT molecular complexity index is 653. The van der Waals surface area contributed by atoms with E-state index in [1.807, 2.05) is 42.1 Å². The Labute approximate surface area is 122 Å². The molecule has 1 N–H and O–H groups in total. The number of thioether (sulfide) groups is 1. The summed E-state index contributed by atoms with van der Waals surface area (Å²) >= 11 is 1.83. The molecular weight excluding hydrogens is 268 g/mol. The van der Waals surface area contributed by atoms with Gasteiger partial charge in [0.2, 0.25) is 0 Å². The van der Waals surface area contributed by atoms with E-state index in [9.17, 15) is 4.79 Å². The Balaban J connectivity index is 1.79. The maximum atomic E-state index is 12.0. The molecule has 0 saturated carbocycles. The fourth-order valence-electron chi connectivity index (χ4n) is 2.11. The fraction of sp³-hybridized carbons (Fsp3) is 0.125. The van der Waals surface area contributed by atoms with Crippen LogP contribution in [0.1, 0.15) is 22.3 Å². The lowest BCUT2D eigenvalue weighted by Gasteiger charge is -2.16. The molecule has 1 aliphatic heterocycles. The fourth-order valence-corrected chi connectivity index (χ4v) is 3.14. The van der Waals surface area contributed by atoms with Crippen LogP contribution >= 0.6 is 11.8 Å². The lowest BCUT2D eigenvalue weighted by atomic mass is 10.1. The van der Waals surface area contributed by atoms with Gasteiger partial charge < -0.3 is 0 Å². The number of carbonyl (C=O) groups is 1. The monoisotopic (exact) mass is 282 g/mol. The standard InChI is InChI=1S/C16H14N2OS/c19-16(12-6-2-1-3-7-12)18-17-14-10-11-20-15-9-5-4-8-13(14)15/h1-9H,10-11H2,(H,18,19)/b17-14+. The molecule has 4 heteroatoms. The van der Waals surface area contributed by atoms with E-state index in [1.165, 1.54) is 4.90 Å². The number of carbonyl (C=O) groups excluding carboxylic acids is 1. The van der Waals surface area contributed by atoms with E-state index in [0.717, 1.165) is 23.4 Å². The van der Waals surface area contributed by atoms with Crippen LogP contribution in [0.5, 0.6) is 0 Å². The first kappa shape index (κ1) is 12.9. The van der Waals surface area contributed by atoms with Crippen LogP contribution in [-0.2, 0) is 0 Å². The topological polar surface area (TPSA) is 41.5 Å². The van der Waals surface area contributed by atoms with E-state index in [1.54, 1.807) is 12.1 Å². The highest BCUT2D eigenvalue weighted by Crippen LogP contribution is 2.29. The van der Waals surface area contributed by atoms with E-state index >= 15 is 0 Å². The second-order valence-corrected chi connectivity index (χ2v) is 5.60. The second kappa shape index (κ2) is 5.92. The molecule has 0 atom stereocenters. The third-order valence-electron chi connectivity index (χ3n) is 3.12. The molecule has 1 aliphatic rings. The Kier molecular flexibility index (Phi) is 3.83. The number of rotatable bonds is 2. The van der Waals surface area contributed by atoms with Crippen molar-refractivity contribution >= 4 is 23.4 Å². The minimum absolute atomic E-state index is 0.172. The molecule has 0 unspecified atom stereocenters. The summed E-state index contributed by atoms with van der Waals surface area (Å²) in [5.41, 5.74) is 5.34. The molecular formula is C16H14N2OS. The highest BCUT2D eigenvalue weighted by atomic mass is 32.2. The molecule has 0 radical (unpaired) electrons. The van der Waals surface area contributed by atoms with E-state index in [0.29, 0.717) is 5.56 Å². The summed E-state index contributed by atoms with van der Waals surface area (Å²) in [4.78, 5) is 13.2. The Morgan fingerprint density at radius 2 is 1.80 bits per heavy atom. The van der Waals surface area contributed by atoms with Gasteiger partial charge in [-0.3, -0.25) is 4.79 Å². The predicted molar refractivity (Wildman–Crippen MR) is 82.2 cm³/mol. The highest BCUT2D eigenvalue weighted by Gasteiger charge is 2.15. The molecule has 2 aromatic carbocycles. The van der Waals surface area contributed by atoms with Gasteiger partial charge in [0.25, 0.3) is 5.91 Å². The van der Waals surface area contributed by atoms with Crippen molar-refractivity contribution in [1.29, 1.82) is 0 Å². The normalized spacial score (nSPS) is 15.7. The first-order valence-corrected chi connectivity index (χ1v) is 7.47. The van der Waals surface area contributed by atoms with Gasteiger partial charge in [0, 0.05) is 28.2 Å². The van der Waals surface area contributed by atoms with Crippen LogP contribution < -0.4 is 5.43 Å². The van der Waals surface area contributed by atoms with Gasteiger partial charge >= 0.3 is 0 Å². The molecule has 3 nitrogen and oxygen atoms in total. The van der Waals surface area contributed by atoms with Gasteiger partial charge in [-0.25, -0.2) is 5.43 Å². The molecule has 1 heterocycles. The van der Waals surface area contributed by atoms with Crippen molar-refractivity contribution < 1.29 is 4.79 Å². The number of hydrogen-bond donors (Lipinski definition) is 1. The van der Waals surface area contributed by atoms with Crippen molar-refractivity contribution in [3.63, 3.8) is 0 Å². The minimum atomic E-state index is -0.172. The van der Waals surface area contributed by atoms with Gasteiger partial charge in [-0.15, -0.1) is 11.8 Å². The van der Waals surface area contributed by atoms with E-state index in [-0.39, 0.29) is 5.91 Å². The lowest BCUT2D eigenvalue weighted by molar-refractivity contribution is 0.0955. The van der Waals surface area contributed by atoms with E-state index in [2.05, 4.69) is 22.7 Å². The maximum absolute atomic E-state index is 12.0. The Morgan fingerprint density at radius 1 is 1.05 bits per heavy atom. The molecule has 20 heavy (non-hydrogen) atoms. The van der Waals surface area contributed by atoms with Gasteiger partial charge in [-0.05, 0) is 18.2 Å². The van der Waals surface area contributed by atoms with Crippen molar-refractivity contribution in [2.45, 2.75) is 11.3 Å². The first-order valence-electron chi connectivity index (χ1n) is 6.49. The summed E-state index contributed by atoms with van der Waals surface area (Å²) in [5.74, 6) is 0.825. The molecule has 0 aliphatic carbocycles. The highest BCUT2D eigenvalue weighted by molar-refractivity contribution is 7.99. The van der Waals surface area contributed by atoms with E-state index in [4.69, 9.17) is 0 Å². The number of amides is 1. The molecule has 1 amide bonds. The predicted octanol–water partition coefficient (Wildman–Crippen LogP) is 3.32. The van der Waals surface area contributed by atoms with Crippen molar-refractivity contribution in [2.24, 2.45) is 5.10 Å². The van der Waals surface area contributed by atoms with E-state index < -0.39 is 0 Å². The maximum Gasteiger partial charge on any atom is 0.271 e. The van der Waals surface area contributed by atoms with Gasteiger partial charge in [0.1, 0.15) is 0 Å². The minimum Gasteiger partial charge on any atom is -0.267 e. The number of hydrogen-bond acceptors (Lipinski definition) is 3. The van der Waals surface area contributed by atoms with Gasteiger partial charge in [-0.1, -0.05) is 36.4 Å². The van der Waals surface area contributed by atoms with Crippen molar-refractivity contribution in [1.82, 2.24) is 5.43 Å². The van der Waals surface area contributed by atoms with Crippen LogP contribution in [0.3, 0.4) is 0 Å². The zero-order valence-electron chi connectivity index (χ0n) is 10.9. The third-order valence-corrected chi connectivity index (χ3v) is 4.20. The van der Waals surface area contributed by atoms with Gasteiger partial charge in [0.15, 0.2) is 0 Å². The molecule has 100 valence electrons. The average Bonchev–Trinajstić information content (AvgIpc) is 2.53. The summed E-state index contributed by atoms with van der Waals surface area (Å²) in [6.45, 7) is 0.